The van der Waals surface area contributed by atoms with Crippen LogP contribution in [0, 0.1) is 0 Å². The van der Waals surface area contributed by atoms with Gasteiger partial charge in [-0.3, -0.25) is 9.59 Å². The molecule has 0 unspecified atom stereocenters. The van der Waals surface area contributed by atoms with Crippen LogP contribution in [0.2, 0.25) is 0 Å². The molecule has 0 aliphatic carbocycles. The normalized spacial score (nSPS) is 9.95. The van der Waals surface area contributed by atoms with Crippen molar-refractivity contribution in [1.29, 1.82) is 0 Å². The Morgan fingerprint density at radius 3 is 2.29 bits per heavy atom. The van der Waals surface area contributed by atoms with Gasteiger partial charge >= 0.3 is 0 Å². The number of hydrogen-bond donors (Lipinski definition) is 1. The van der Waals surface area contributed by atoms with Crippen LogP contribution in [-0.2, 0) is 16.0 Å². The van der Waals surface area contributed by atoms with E-state index in [1.54, 1.807) is 31.4 Å². The molecule has 0 saturated heterocycles. The molecule has 21 heavy (non-hydrogen) atoms. The van der Waals surface area contributed by atoms with Crippen molar-refractivity contribution in [3.05, 3.63) is 60.2 Å². The molecule has 1 N–H and O–H groups in total. The van der Waals surface area contributed by atoms with Crippen LogP contribution in [0.15, 0.2) is 54.6 Å². The molecule has 0 atom stereocenters. The van der Waals surface area contributed by atoms with Gasteiger partial charge in [0.05, 0.1) is 13.5 Å². The molecule has 2 aromatic carbocycles. The number of carbonyl (C=O) groups is 2. The van der Waals surface area contributed by atoms with Crippen LogP contribution in [0.4, 0.5) is 5.69 Å². The second-order valence-electron chi connectivity index (χ2n) is 4.65. The minimum absolute atomic E-state index is 0.117. The van der Waals surface area contributed by atoms with Crippen molar-refractivity contribution in [2.45, 2.75) is 12.8 Å². The van der Waals surface area contributed by atoms with E-state index in [1.807, 2.05) is 30.3 Å². The number of ketones is 1. The van der Waals surface area contributed by atoms with Crippen molar-refractivity contribution in [1.82, 2.24) is 0 Å². The minimum Gasteiger partial charge on any atom is -0.497 e. The second-order valence-corrected chi connectivity index (χ2v) is 4.65. The maximum atomic E-state index is 11.9. The van der Waals surface area contributed by atoms with E-state index in [0.29, 0.717) is 5.69 Å². The molecule has 0 spiro atoms. The van der Waals surface area contributed by atoms with E-state index in [-0.39, 0.29) is 24.5 Å². The molecule has 0 aliphatic rings. The first-order valence-electron chi connectivity index (χ1n) is 6.67. The van der Waals surface area contributed by atoms with Gasteiger partial charge in [0.1, 0.15) is 11.5 Å². The number of nitrogens with one attached hydrogen (secondary N) is 1. The molecule has 0 fully saturated rings. The lowest BCUT2D eigenvalue weighted by Gasteiger charge is -2.05. The molecule has 0 aromatic heterocycles. The zero-order valence-corrected chi connectivity index (χ0v) is 11.8. The van der Waals surface area contributed by atoms with E-state index in [0.717, 1.165) is 11.3 Å². The van der Waals surface area contributed by atoms with Gasteiger partial charge in [-0.15, -0.1) is 0 Å². The topological polar surface area (TPSA) is 55.4 Å². The molecule has 108 valence electrons. The summed E-state index contributed by atoms with van der Waals surface area (Å²) in [5.74, 6) is 0.335. The van der Waals surface area contributed by atoms with Crippen LogP contribution in [-0.4, -0.2) is 18.8 Å². The number of rotatable bonds is 6. The van der Waals surface area contributed by atoms with Crippen LogP contribution in [0.25, 0.3) is 0 Å². The molecule has 0 aliphatic heterocycles. The summed E-state index contributed by atoms with van der Waals surface area (Å²) in [6.07, 6.45) is 0.118. The van der Waals surface area contributed by atoms with Crippen molar-refractivity contribution >= 4 is 17.4 Å². The average Bonchev–Trinajstić information content (AvgIpc) is 2.48. The van der Waals surface area contributed by atoms with Crippen molar-refractivity contribution < 1.29 is 14.3 Å². The van der Waals surface area contributed by atoms with Crippen LogP contribution >= 0.6 is 0 Å². The number of carbonyl (C=O) groups excluding carboxylic acids is 2. The van der Waals surface area contributed by atoms with Crippen LogP contribution in [0.5, 0.6) is 5.75 Å². The lowest BCUT2D eigenvalue weighted by atomic mass is 10.1. The Kier molecular flexibility index (Phi) is 5.10. The summed E-state index contributed by atoms with van der Waals surface area (Å²) >= 11 is 0. The van der Waals surface area contributed by atoms with Gasteiger partial charge in [-0.1, -0.05) is 30.3 Å². The van der Waals surface area contributed by atoms with E-state index < -0.39 is 0 Å². The summed E-state index contributed by atoms with van der Waals surface area (Å²) in [6, 6.07) is 16.3. The fraction of sp³-hybridized carbons (Fsp3) is 0.176. The van der Waals surface area contributed by atoms with E-state index in [1.165, 1.54) is 0 Å². The number of amides is 1. The third kappa shape index (κ3) is 4.76. The molecule has 0 radical (unpaired) electrons. The molecule has 2 aromatic rings. The SMILES string of the molecule is COc1ccc(CC(=O)CC(=O)Nc2ccccc2)cc1. The van der Waals surface area contributed by atoms with Crippen molar-refractivity contribution in [2.75, 3.05) is 12.4 Å². The minimum atomic E-state index is -0.292. The molecule has 0 bridgehead atoms. The Morgan fingerprint density at radius 1 is 1.00 bits per heavy atom. The highest BCUT2D eigenvalue weighted by Gasteiger charge is 2.10. The molecular weight excluding hydrogens is 266 g/mol. The molecule has 4 heteroatoms. The highest BCUT2D eigenvalue weighted by molar-refractivity contribution is 6.04. The molecule has 1 amide bonds. The van der Waals surface area contributed by atoms with E-state index >= 15 is 0 Å². The molecular formula is C17H17NO3. The largest absolute Gasteiger partial charge is 0.497 e. The molecule has 0 heterocycles. The van der Waals surface area contributed by atoms with Crippen molar-refractivity contribution in [3.8, 4) is 5.75 Å². The summed E-state index contributed by atoms with van der Waals surface area (Å²) in [5.41, 5.74) is 1.56. The quantitative estimate of drug-likeness (QED) is 0.829. The monoisotopic (exact) mass is 283 g/mol. The number of para-hydroxylation sites is 1. The van der Waals surface area contributed by atoms with E-state index in [9.17, 15) is 9.59 Å². The van der Waals surface area contributed by atoms with Crippen molar-refractivity contribution in [2.24, 2.45) is 0 Å². The lowest BCUT2D eigenvalue weighted by molar-refractivity contribution is -0.125. The van der Waals surface area contributed by atoms with Gasteiger partial charge in [-0.2, -0.15) is 0 Å². The maximum Gasteiger partial charge on any atom is 0.231 e. The Hall–Kier alpha value is -2.62. The standard InChI is InChI=1S/C17H17NO3/c1-21-16-9-7-13(8-10-16)11-15(19)12-17(20)18-14-5-3-2-4-6-14/h2-10H,11-12H2,1H3,(H,18,20). The fourth-order valence-electron chi connectivity index (χ4n) is 1.94. The molecule has 2 rings (SSSR count). The lowest BCUT2D eigenvalue weighted by Crippen LogP contribution is -2.17. The highest BCUT2D eigenvalue weighted by Crippen LogP contribution is 2.12. The zero-order chi connectivity index (χ0) is 15.1. The summed E-state index contributed by atoms with van der Waals surface area (Å²) in [7, 11) is 1.59. The first kappa shape index (κ1) is 14.8. The number of Topliss-reactive ketones (excluding diaryl/α,β-unsaturated/α-hetero) is 1. The van der Waals surface area contributed by atoms with Gasteiger partial charge in [0.25, 0.3) is 0 Å². The third-order valence-corrected chi connectivity index (χ3v) is 2.98. The Labute approximate surface area is 123 Å². The second kappa shape index (κ2) is 7.24. The Morgan fingerprint density at radius 2 is 1.67 bits per heavy atom. The average molecular weight is 283 g/mol. The predicted molar refractivity (Wildman–Crippen MR) is 81.4 cm³/mol. The summed E-state index contributed by atoms with van der Waals surface area (Å²) in [4.78, 5) is 23.6. The number of hydrogen-bond acceptors (Lipinski definition) is 3. The summed E-state index contributed by atoms with van der Waals surface area (Å²) < 4.78 is 5.06. The van der Waals surface area contributed by atoms with Gasteiger partial charge in [0.15, 0.2) is 0 Å². The maximum absolute atomic E-state index is 11.9. The third-order valence-electron chi connectivity index (χ3n) is 2.98. The summed E-state index contributed by atoms with van der Waals surface area (Å²) in [6.45, 7) is 0. The van der Waals surface area contributed by atoms with Crippen LogP contribution in [0.3, 0.4) is 0 Å². The van der Waals surface area contributed by atoms with Crippen molar-refractivity contribution in [3.63, 3.8) is 0 Å². The van der Waals surface area contributed by atoms with Crippen LogP contribution in [0.1, 0.15) is 12.0 Å². The smallest absolute Gasteiger partial charge is 0.231 e. The van der Waals surface area contributed by atoms with Gasteiger partial charge in [-0.25, -0.2) is 0 Å². The molecule has 4 nitrogen and oxygen atoms in total. The first-order chi connectivity index (χ1) is 10.2. The Bertz CT molecular complexity index is 606. The van der Waals surface area contributed by atoms with Gasteiger partial charge < -0.3 is 10.1 Å². The highest BCUT2D eigenvalue weighted by atomic mass is 16.5. The van der Waals surface area contributed by atoms with Crippen LogP contribution < -0.4 is 10.1 Å². The van der Waals surface area contributed by atoms with Gasteiger partial charge in [-0.05, 0) is 29.8 Å². The fourth-order valence-corrected chi connectivity index (χ4v) is 1.94. The first-order valence-corrected chi connectivity index (χ1v) is 6.67. The van der Waals surface area contributed by atoms with E-state index in [2.05, 4.69) is 5.32 Å². The Balaban J connectivity index is 1.84. The van der Waals surface area contributed by atoms with Gasteiger partial charge in [0, 0.05) is 12.1 Å². The summed E-state index contributed by atoms with van der Waals surface area (Å²) in [5, 5.41) is 2.70. The van der Waals surface area contributed by atoms with Gasteiger partial charge in [0.2, 0.25) is 5.91 Å². The number of ether oxygens (including phenoxy) is 1. The number of methoxy groups -OCH3 is 1. The number of benzene rings is 2. The number of anilines is 1. The zero-order valence-electron chi connectivity index (χ0n) is 11.8. The predicted octanol–water partition coefficient (Wildman–Crippen LogP) is 2.84. The van der Waals surface area contributed by atoms with E-state index in [4.69, 9.17) is 4.74 Å². The molecule has 0 saturated carbocycles.